The molecule has 2 aromatic rings. The van der Waals surface area contributed by atoms with Crippen molar-refractivity contribution in [3.05, 3.63) is 20.8 Å². The van der Waals surface area contributed by atoms with Crippen LogP contribution in [-0.2, 0) is 11.3 Å². The summed E-state index contributed by atoms with van der Waals surface area (Å²) in [4.78, 5) is 31.6. The first-order valence-electron chi connectivity index (χ1n) is 8.05. The predicted octanol–water partition coefficient (Wildman–Crippen LogP) is -2.51. The van der Waals surface area contributed by atoms with Crippen molar-refractivity contribution in [2.45, 2.75) is 43.9 Å². The van der Waals surface area contributed by atoms with Crippen molar-refractivity contribution in [3.8, 4) is 0 Å². The number of nitrogens with one attached hydrogen (secondary N) is 1. The molecule has 0 aromatic carbocycles. The van der Waals surface area contributed by atoms with E-state index in [0.29, 0.717) is 12.5 Å². The first kappa shape index (κ1) is 16.3. The minimum atomic E-state index is -1.46. The third-order valence-corrected chi connectivity index (χ3v) is 4.74. The minimum absolute atomic E-state index is 0.0262. The molecule has 4 rings (SSSR count). The molecule has 4 unspecified atom stereocenters. The van der Waals surface area contributed by atoms with Crippen molar-refractivity contribution in [2.24, 2.45) is 5.92 Å². The zero-order valence-electron chi connectivity index (χ0n) is 13.2. The number of nitrogen functional groups attached to an aromatic ring is 1. The molecule has 3 heterocycles. The zero-order chi connectivity index (χ0) is 17.9. The summed E-state index contributed by atoms with van der Waals surface area (Å²) in [5, 5.41) is 29.4. The van der Waals surface area contributed by atoms with Gasteiger partial charge < -0.3 is 25.8 Å². The van der Waals surface area contributed by atoms with E-state index >= 15 is 0 Å². The SMILES string of the molecule is Nc1nc2c(c(=O)[nH]1)n(CC1CC1)c(=O)n2C1OC(CO)C(O)C1O. The highest BCUT2D eigenvalue weighted by molar-refractivity contribution is 5.71. The summed E-state index contributed by atoms with van der Waals surface area (Å²) < 4.78 is 7.75. The van der Waals surface area contributed by atoms with Gasteiger partial charge in [-0.15, -0.1) is 0 Å². The molecule has 11 nitrogen and oxygen atoms in total. The molecule has 25 heavy (non-hydrogen) atoms. The van der Waals surface area contributed by atoms with E-state index in [-0.39, 0.29) is 17.1 Å². The Bertz CT molecular complexity index is 928. The van der Waals surface area contributed by atoms with Gasteiger partial charge in [0.2, 0.25) is 5.95 Å². The molecule has 11 heteroatoms. The van der Waals surface area contributed by atoms with E-state index in [1.807, 2.05) is 0 Å². The molecule has 1 aliphatic carbocycles. The summed E-state index contributed by atoms with van der Waals surface area (Å²) in [7, 11) is 0. The molecule has 2 aliphatic rings. The van der Waals surface area contributed by atoms with Crippen LogP contribution in [-0.4, -0.2) is 59.3 Å². The van der Waals surface area contributed by atoms with Crippen molar-refractivity contribution in [2.75, 3.05) is 12.3 Å². The topological polar surface area (TPSA) is 169 Å². The average molecular weight is 353 g/mol. The molecule has 0 spiro atoms. The molecule has 0 bridgehead atoms. The van der Waals surface area contributed by atoms with Crippen LogP contribution >= 0.6 is 0 Å². The van der Waals surface area contributed by atoms with E-state index in [1.54, 1.807) is 0 Å². The summed E-state index contributed by atoms with van der Waals surface area (Å²) in [6.07, 6.45) is -3.23. The number of ether oxygens (including phenoxy) is 1. The van der Waals surface area contributed by atoms with Gasteiger partial charge in [-0.25, -0.2) is 9.36 Å². The van der Waals surface area contributed by atoms with Crippen LogP contribution in [0.15, 0.2) is 9.59 Å². The third kappa shape index (κ3) is 2.47. The fraction of sp³-hybridized carbons (Fsp3) is 0.643. The average Bonchev–Trinajstić information content (AvgIpc) is 3.28. The third-order valence-electron chi connectivity index (χ3n) is 4.74. The Kier molecular flexibility index (Phi) is 3.68. The quantitative estimate of drug-likeness (QED) is 0.401. The van der Waals surface area contributed by atoms with Crippen LogP contribution in [0.2, 0.25) is 0 Å². The fourth-order valence-electron chi connectivity index (χ4n) is 3.25. The summed E-state index contributed by atoms with van der Waals surface area (Å²) in [6, 6.07) is 0. The van der Waals surface area contributed by atoms with Gasteiger partial charge in [0.05, 0.1) is 6.61 Å². The van der Waals surface area contributed by atoms with Crippen molar-refractivity contribution >= 4 is 17.1 Å². The van der Waals surface area contributed by atoms with Crippen LogP contribution in [0.5, 0.6) is 0 Å². The highest BCUT2D eigenvalue weighted by atomic mass is 16.6. The molecule has 4 atom stereocenters. The van der Waals surface area contributed by atoms with Gasteiger partial charge in [-0.05, 0) is 18.8 Å². The van der Waals surface area contributed by atoms with Crippen LogP contribution in [0.3, 0.4) is 0 Å². The molecule has 0 radical (unpaired) electrons. The Morgan fingerprint density at radius 1 is 1.28 bits per heavy atom. The van der Waals surface area contributed by atoms with Gasteiger partial charge in [0.15, 0.2) is 17.4 Å². The lowest BCUT2D eigenvalue weighted by Gasteiger charge is -2.15. The summed E-state index contributed by atoms with van der Waals surface area (Å²) in [5.41, 5.74) is 4.47. The Hall–Kier alpha value is -2.21. The number of hydrogen-bond acceptors (Lipinski definition) is 8. The van der Waals surface area contributed by atoms with E-state index in [1.165, 1.54) is 4.57 Å². The number of aromatic nitrogens is 4. The molecule has 1 saturated carbocycles. The lowest BCUT2D eigenvalue weighted by Crippen LogP contribution is -2.36. The maximum Gasteiger partial charge on any atom is 0.332 e. The molecular formula is C14H19N5O6. The lowest BCUT2D eigenvalue weighted by atomic mass is 10.1. The van der Waals surface area contributed by atoms with Gasteiger partial charge >= 0.3 is 5.69 Å². The number of aromatic amines is 1. The van der Waals surface area contributed by atoms with Gasteiger partial charge in [0, 0.05) is 6.54 Å². The molecule has 1 aliphatic heterocycles. The smallest absolute Gasteiger partial charge is 0.332 e. The Morgan fingerprint density at radius 3 is 2.60 bits per heavy atom. The first-order valence-corrected chi connectivity index (χ1v) is 8.05. The fourth-order valence-corrected chi connectivity index (χ4v) is 3.25. The number of H-pyrrole nitrogens is 1. The Balaban J connectivity index is 1.93. The second kappa shape index (κ2) is 5.66. The van der Waals surface area contributed by atoms with Gasteiger partial charge in [-0.2, -0.15) is 4.98 Å². The summed E-state index contributed by atoms with van der Waals surface area (Å²) in [6.45, 7) is -0.174. The number of rotatable bonds is 4. The molecule has 0 amide bonds. The molecule has 2 fully saturated rings. The van der Waals surface area contributed by atoms with Gasteiger partial charge in [-0.3, -0.25) is 14.3 Å². The number of nitrogens with two attached hydrogens (primary N) is 1. The molecular weight excluding hydrogens is 334 g/mol. The summed E-state index contributed by atoms with van der Waals surface area (Å²) in [5.74, 6) is 0.125. The van der Waals surface area contributed by atoms with Crippen LogP contribution in [0.4, 0.5) is 5.95 Å². The first-order chi connectivity index (χ1) is 11.9. The molecule has 6 N–H and O–H groups in total. The van der Waals surface area contributed by atoms with Crippen LogP contribution in [0, 0.1) is 5.92 Å². The van der Waals surface area contributed by atoms with E-state index < -0.39 is 42.4 Å². The monoisotopic (exact) mass is 353 g/mol. The summed E-state index contributed by atoms with van der Waals surface area (Å²) >= 11 is 0. The Morgan fingerprint density at radius 2 is 2.00 bits per heavy atom. The number of anilines is 1. The van der Waals surface area contributed by atoms with Gasteiger partial charge in [-0.1, -0.05) is 0 Å². The van der Waals surface area contributed by atoms with Gasteiger partial charge in [0.25, 0.3) is 5.56 Å². The van der Waals surface area contributed by atoms with E-state index in [0.717, 1.165) is 17.4 Å². The highest BCUT2D eigenvalue weighted by Crippen LogP contribution is 2.33. The van der Waals surface area contributed by atoms with Crippen molar-refractivity contribution in [3.63, 3.8) is 0 Å². The molecule has 2 aromatic heterocycles. The lowest BCUT2D eigenvalue weighted by molar-refractivity contribution is -0.0528. The highest BCUT2D eigenvalue weighted by Gasteiger charge is 2.45. The second-order valence-corrected chi connectivity index (χ2v) is 6.56. The zero-order valence-corrected chi connectivity index (χ0v) is 13.2. The number of hydrogen-bond donors (Lipinski definition) is 5. The van der Waals surface area contributed by atoms with Crippen molar-refractivity contribution in [1.29, 1.82) is 0 Å². The molecule has 136 valence electrons. The standard InChI is InChI=1S/C14H19N5O6/c15-13-16-10-7(11(23)17-13)18(3-5-1-2-5)14(24)19(10)12-9(22)8(21)6(4-20)25-12/h5-6,8-9,12,20-22H,1-4H2,(H3,15,16,17,23). The minimum Gasteiger partial charge on any atom is -0.394 e. The number of nitrogens with zero attached hydrogens (tertiary/aromatic N) is 3. The van der Waals surface area contributed by atoms with Crippen LogP contribution in [0.25, 0.3) is 11.2 Å². The maximum atomic E-state index is 12.9. The normalized spacial score (nSPS) is 29.6. The molecule has 1 saturated heterocycles. The van der Waals surface area contributed by atoms with E-state index in [9.17, 15) is 24.9 Å². The van der Waals surface area contributed by atoms with Crippen LogP contribution in [0.1, 0.15) is 19.1 Å². The van der Waals surface area contributed by atoms with E-state index in [2.05, 4.69) is 9.97 Å². The number of imidazole rings is 1. The number of fused-ring (bicyclic) bond motifs is 1. The maximum absolute atomic E-state index is 12.9. The predicted molar refractivity (Wildman–Crippen MR) is 84.8 cm³/mol. The van der Waals surface area contributed by atoms with Gasteiger partial charge in [0.1, 0.15) is 18.3 Å². The number of aliphatic hydroxyl groups is 3. The number of aliphatic hydroxyl groups excluding tert-OH is 3. The van der Waals surface area contributed by atoms with E-state index in [4.69, 9.17) is 10.5 Å². The second-order valence-electron chi connectivity index (χ2n) is 6.56. The van der Waals surface area contributed by atoms with Crippen LogP contribution < -0.4 is 17.0 Å². The van der Waals surface area contributed by atoms with Crippen molar-refractivity contribution < 1.29 is 20.1 Å². The van der Waals surface area contributed by atoms with Crippen molar-refractivity contribution in [1.82, 2.24) is 19.1 Å². The Labute approximate surface area is 140 Å². The largest absolute Gasteiger partial charge is 0.394 e.